The smallest absolute Gasteiger partial charge is 0.323 e. The van der Waals surface area contributed by atoms with E-state index in [9.17, 15) is 13.6 Å². The molecule has 0 aliphatic rings. The lowest BCUT2D eigenvalue weighted by Gasteiger charge is -2.11. The molecule has 2 heterocycles. The molecule has 0 saturated heterocycles. The molecule has 2 aromatic carbocycles. The van der Waals surface area contributed by atoms with Crippen LogP contribution in [0, 0.1) is 25.1 Å². The Balaban J connectivity index is 1.64. The summed E-state index contributed by atoms with van der Waals surface area (Å²) in [6.45, 7) is 9.15. The minimum Gasteiger partial charge on any atom is -0.382 e. The van der Waals surface area contributed by atoms with Crippen LogP contribution in [0.3, 0.4) is 0 Å². The molecule has 8 nitrogen and oxygen atoms in total. The van der Waals surface area contributed by atoms with Gasteiger partial charge in [-0.1, -0.05) is 12.1 Å². The molecule has 0 fully saturated rings. The van der Waals surface area contributed by atoms with Crippen molar-refractivity contribution in [1.82, 2.24) is 14.6 Å². The summed E-state index contributed by atoms with van der Waals surface area (Å²) in [6, 6.07) is 7.50. The summed E-state index contributed by atoms with van der Waals surface area (Å²) >= 11 is 0. The van der Waals surface area contributed by atoms with E-state index in [2.05, 4.69) is 25.6 Å². The molecule has 154 valence electrons. The number of nitrogens with one attached hydrogen (secondary N) is 2. The maximum Gasteiger partial charge on any atom is 0.323 e. The van der Waals surface area contributed by atoms with Gasteiger partial charge in [-0.3, -0.25) is 0 Å². The van der Waals surface area contributed by atoms with E-state index in [1.54, 1.807) is 13.0 Å². The van der Waals surface area contributed by atoms with Crippen LogP contribution < -0.4 is 16.4 Å². The average Bonchev–Trinajstić information content (AvgIpc) is 3.12. The SMILES string of the molecule is [C-]#[N+]c1cn2ncnc(N)c2c1-c1ccc(NC(=O)Nc2cc(C)ccc2F)c(F)c1. The van der Waals surface area contributed by atoms with Crippen LogP contribution in [0.25, 0.3) is 21.5 Å². The summed E-state index contributed by atoms with van der Waals surface area (Å²) in [5.41, 5.74) is 7.88. The lowest BCUT2D eigenvalue weighted by molar-refractivity contribution is 0.262. The van der Waals surface area contributed by atoms with Gasteiger partial charge in [0.15, 0.2) is 5.82 Å². The Morgan fingerprint density at radius 3 is 2.65 bits per heavy atom. The van der Waals surface area contributed by atoms with E-state index < -0.39 is 17.7 Å². The predicted molar refractivity (Wildman–Crippen MR) is 113 cm³/mol. The van der Waals surface area contributed by atoms with Crippen LogP contribution in [0.5, 0.6) is 0 Å². The van der Waals surface area contributed by atoms with Gasteiger partial charge in [0, 0.05) is 11.8 Å². The maximum atomic E-state index is 14.8. The number of hydrogen-bond donors (Lipinski definition) is 3. The number of amides is 2. The summed E-state index contributed by atoms with van der Waals surface area (Å²) in [7, 11) is 0. The molecule has 31 heavy (non-hydrogen) atoms. The first-order chi connectivity index (χ1) is 14.9. The van der Waals surface area contributed by atoms with E-state index in [1.807, 2.05) is 0 Å². The average molecular weight is 419 g/mol. The van der Waals surface area contributed by atoms with Gasteiger partial charge in [0.05, 0.1) is 17.9 Å². The molecule has 2 amide bonds. The summed E-state index contributed by atoms with van der Waals surface area (Å²) in [5, 5.41) is 8.72. The molecule has 4 N–H and O–H groups in total. The normalized spacial score (nSPS) is 10.6. The minimum absolute atomic E-state index is 0.0213. The molecule has 0 radical (unpaired) electrons. The number of nitrogen functional groups attached to an aromatic ring is 1. The fraction of sp³-hybridized carbons (Fsp3) is 0.0476. The van der Waals surface area contributed by atoms with Gasteiger partial charge in [-0.25, -0.2) is 27.9 Å². The molecular weight excluding hydrogens is 404 g/mol. The highest BCUT2D eigenvalue weighted by Gasteiger charge is 2.18. The second kappa shape index (κ2) is 7.72. The zero-order valence-corrected chi connectivity index (χ0v) is 16.1. The number of rotatable bonds is 3. The number of nitrogens with two attached hydrogens (primary N) is 1. The Hall–Kier alpha value is -4.52. The van der Waals surface area contributed by atoms with Crippen LogP contribution in [-0.2, 0) is 0 Å². The zero-order valence-electron chi connectivity index (χ0n) is 16.1. The first-order valence-electron chi connectivity index (χ1n) is 9.00. The molecule has 0 aliphatic carbocycles. The summed E-state index contributed by atoms with van der Waals surface area (Å²) in [5.74, 6) is -1.21. The number of carbonyl (C=O) groups is 1. The number of aryl methyl sites for hydroxylation is 1. The highest BCUT2D eigenvalue weighted by Crippen LogP contribution is 2.38. The highest BCUT2D eigenvalue weighted by atomic mass is 19.1. The fourth-order valence-corrected chi connectivity index (χ4v) is 3.17. The number of fused-ring (bicyclic) bond motifs is 1. The van der Waals surface area contributed by atoms with Gasteiger partial charge in [0.2, 0.25) is 5.69 Å². The maximum absolute atomic E-state index is 14.8. The van der Waals surface area contributed by atoms with Crippen LogP contribution in [-0.4, -0.2) is 20.6 Å². The Kier molecular flexibility index (Phi) is 4.92. The van der Waals surface area contributed by atoms with Crippen molar-refractivity contribution in [2.24, 2.45) is 0 Å². The van der Waals surface area contributed by atoms with E-state index >= 15 is 0 Å². The molecule has 0 atom stereocenters. The van der Waals surface area contributed by atoms with Crippen molar-refractivity contribution in [3.8, 4) is 11.1 Å². The predicted octanol–water partition coefficient (Wildman–Crippen LogP) is 4.76. The molecule has 2 aromatic heterocycles. The summed E-state index contributed by atoms with van der Waals surface area (Å²) < 4.78 is 30.0. The Morgan fingerprint density at radius 2 is 1.90 bits per heavy atom. The van der Waals surface area contributed by atoms with E-state index in [0.717, 1.165) is 5.56 Å². The Bertz CT molecular complexity index is 1370. The van der Waals surface area contributed by atoms with E-state index in [4.69, 9.17) is 12.3 Å². The van der Waals surface area contributed by atoms with E-state index in [1.165, 1.54) is 47.4 Å². The van der Waals surface area contributed by atoms with Crippen LogP contribution in [0.1, 0.15) is 5.56 Å². The van der Waals surface area contributed by atoms with Gasteiger partial charge >= 0.3 is 6.03 Å². The second-order valence-electron chi connectivity index (χ2n) is 6.70. The van der Waals surface area contributed by atoms with Crippen molar-refractivity contribution in [1.29, 1.82) is 0 Å². The third-order valence-electron chi connectivity index (χ3n) is 4.58. The number of carbonyl (C=O) groups excluding carboxylic acids is 1. The van der Waals surface area contributed by atoms with Crippen LogP contribution in [0.4, 0.5) is 36.5 Å². The molecule has 0 unspecified atom stereocenters. The van der Waals surface area contributed by atoms with Crippen molar-refractivity contribution in [3.63, 3.8) is 0 Å². The second-order valence-corrected chi connectivity index (χ2v) is 6.70. The molecule has 0 saturated carbocycles. The van der Waals surface area contributed by atoms with Gasteiger partial charge < -0.3 is 16.4 Å². The van der Waals surface area contributed by atoms with Crippen LogP contribution >= 0.6 is 0 Å². The van der Waals surface area contributed by atoms with Crippen molar-refractivity contribution < 1.29 is 13.6 Å². The monoisotopic (exact) mass is 419 g/mol. The van der Waals surface area contributed by atoms with Gasteiger partial charge in [-0.05, 0) is 42.3 Å². The number of halogens is 2. The minimum atomic E-state index is -0.801. The quantitative estimate of drug-likeness (QED) is 0.417. The lowest BCUT2D eigenvalue weighted by Crippen LogP contribution is -2.20. The van der Waals surface area contributed by atoms with Gasteiger partial charge in [0.25, 0.3) is 0 Å². The van der Waals surface area contributed by atoms with E-state index in [-0.39, 0.29) is 22.9 Å². The van der Waals surface area contributed by atoms with Crippen molar-refractivity contribution in [2.45, 2.75) is 6.92 Å². The number of anilines is 3. The fourth-order valence-electron chi connectivity index (χ4n) is 3.17. The molecule has 4 rings (SSSR count). The summed E-state index contributed by atoms with van der Waals surface area (Å²) in [4.78, 5) is 19.6. The standard InChI is InChI=1S/C21H15F2N7O/c1-11-3-5-13(22)16(7-11)29-21(31)28-15-6-4-12(8-14(15)23)18-17(25-2)9-30-19(18)20(24)26-10-27-30/h3-10H,1H3,(H2,24,26,27)(H2,28,29,31). The Labute approximate surface area is 175 Å². The molecule has 4 aromatic rings. The number of urea groups is 1. The molecular formula is C21H15F2N7O. The van der Waals surface area contributed by atoms with E-state index in [0.29, 0.717) is 16.6 Å². The van der Waals surface area contributed by atoms with Gasteiger partial charge in [-0.2, -0.15) is 5.10 Å². The summed E-state index contributed by atoms with van der Waals surface area (Å²) in [6.07, 6.45) is 2.73. The molecule has 10 heteroatoms. The topological polar surface area (TPSA) is 102 Å². The lowest BCUT2D eigenvalue weighted by atomic mass is 10.0. The molecule has 0 aliphatic heterocycles. The highest BCUT2D eigenvalue weighted by molar-refractivity contribution is 6.01. The molecule has 0 bridgehead atoms. The van der Waals surface area contributed by atoms with Crippen LogP contribution in [0.2, 0.25) is 0 Å². The number of nitrogens with zero attached hydrogens (tertiary/aromatic N) is 4. The first kappa shape index (κ1) is 19.8. The first-order valence-corrected chi connectivity index (χ1v) is 9.00. The van der Waals surface area contributed by atoms with Crippen molar-refractivity contribution in [3.05, 3.63) is 77.5 Å². The van der Waals surface area contributed by atoms with Crippen molar-refractivity contribution in [2.75, 3.05) is 16.4 Å². The molecule has 0 spiro atoms. The largest absolute Gasteiger partial charge is 0.382 e. The zero-order chi connectivity index (χ0) is 22.1. The van der Waals surface area contributed by atoms with Crippen molar-refractivity contribution >= 4 is 34.4 Å². The number of benzene rings is 2. The van der Waals surface area contributed by atoms with Gasteiger partial charge in [-0.15, -0.1) is 0 Å². The van der Waals surface area contributed by atoms with Crippen LogP contribution in [0.15, 0.2) is 48.9 Å². The third kappa shape index (κ3) is 3.72. The van der Waals surface area contributed by atoms with Gasteiger partial charge in [0.1, 0.15) is 23.5 Å². The number of hydrogen-bond acceptors (Lipinski definition) is 4. The third-order valence-corrected chi connectivity index (χ3v) is 4.58. The Morgan fingerprint density at radius 1 is 1.13 bits per heavy atom. The number of aromatic nitrogens is 3.